The summed E-state index contributed by atoms with van der Waals surface area (Å²) < 4.78 is 42.4. The second kappa shape index (κ2) is 8.67. The summed E-state index contributed by atoms with van der Waals surface area (Å²) in [6.07, 6.45) is 4.02. The van der Waals surface area contributed by atoms with Crippen LogP contribution >= 0.6 is 0 Å². The Morgan fingerprint density at radius 3 is 2.52 bits per heavy atom. The normalized spacial score (nSPS) is 19.0. The zero-order valence-electron chi connectivity index (χ0n) is 15.8. The SMILES string of the molecule is CCCN(C1CCNCC1)S(=O)(=O)c1ccc(C(=O)N2CCCC2)c(F)c1. The van der Waals surface area contributed by atoms with Gasteiger partial charge in [0.25, 0.3) is 5.91 Å². The fraction of sp³-hybridized carbons (Fsp3) is 0.632. The van der Waals surface area contributed by atoms with Crippen molar-refractivity contribution >= 4 is 15.9 Å². The van der Waals surface area contributed by atoms with Crippen molar-refractivity contribution in [2.24, 2.45) is 0 Å². The second-order valence-electron chi connectivity index (χ2n) is 7.24. The molecule has 0 atom stereocenters. The average Bonchev–Trinajstić information content (AvgIpc) is 3.21. The third-order valence-electron chi connectivity index (χ3n) is 5.33. The van der Waals surface area contributed by atoms with E-state index < -0.39 is 15.8 Å². The smallest absolute Gasteiger partial charge is 0.256 e. The number of benzene rings is 1. The van der Waals surface area contributed by atoms with E-state index in [1.165, 1.54) is 16.4 Å². The van der Waals surface area contributed by atoms with Crippen LogP contribution < -0.4 is 5.32 Å². The summed E-state index contributed by atoms with van der Waals surface area (Å²) in [4.78, 5) is 14.0. The second-order valence-corrected chi connectivity index (χ2v) is 9.13. The van der Waals surface area contributed by atoms with Gasteiger partial charge < -0.3 is 10.2 Å². The molecule has 3 rings (SSSR count). The van der Waals surface area contributed by atoms with Gasteiger partial charge in [0, 0.05) is 25.7 Å². The van der Waals surface area contributed by atoms with Crippen LogP contribution in [-0.4, -0.2) is 62.3 Å². The minimum absolute atomic E-state index is 0.0558. The van der Waals surface area contributed by atoms with Gasteiger partial charge in [0.2, 0.25) is 10.0 Å². The zero-order valence-corrected chi connectivity index (χ0v) is 16.6. The Bertz CT molecular complexity index is 772. The molecule has 2 heterocycles. The van der Waals surface area contributed by atoms with Gasteiger partial charge in [-0.05, 0) is 63.4 Å². The summed E-state index contributed by atoms with van der Waals surface area (Å²) in [5.74, 6) is -1.13. The molecule has 0 saturated carbocycles. The largest absolute Gasteiger partial charge is 0.339 e. The van der Waals surface area contributed by atoms with Crippen molar-refractivity contribution in [2.75, 3.05) is 32.7 Å². The van der Waals surface area contributed by atoms with E-state index in [4.69, 9.17) is 0 Å². The van der Waals surface area contributed by atoms with E-state index in [2.05, 4.69) is 5.32 Å². The Morgan fingerprint density at radius 2 is 1.93 bits per heavy atom. The quantitative estimate of drug-likeness (QED) is 0.799. The highest BCUT2D eigenvalue weighted by Crippen LogP contribution is 2.25. The lowest BCUT2D eigenvalue weighted by Gasteiger charge is -2.33. The molecule has 2 aliphatic heterocycles. The number of nitrogens with zero attached hydrogens (tertiary/aromatic N) is 2. The maximum absolute atomic E-state index is 14.6. The van der Waals surface area contributed by atoms with Crippen LogP contribution in [0.15, 0.2) is 23.1 Å². The van der Waals surface area contributed by atoms with E-state index in [1.807, 2.05) is 6.92 Å². The number of carbonyl (C=O) groups is 1. The predicted octanol–water partition coefficient (Wildman–Crippen LogP) is 2.21. The third kappa shape index (κ3) is 4.33. The number of hydrogen-bond donors (Lipinski definition) is 1. The lowest BCUT2D eigenvalue weighted by molar-refractivity contribution is 0.0788. The first kappa shape index (κ1) is 20.2. The molecule has 1 aromatic carbocycles. The maximum atomic E-state index is 14.6. The molecule has 27 heavy (non-hydrogen) atoms. The van der Waals surface area contributed by atoms with E-state index in [1.54, 1.807) is 4.90 Å². The Morgan fingerprint density at radius 1 is 1.26 bits per heavy atom. The Hall–Kier alpha value is -1.51. The van der Waals surface area contributed by atoms with E-state index >= 15 is 0 Å². The predicted molar refractivity (Wildman–Crippen MR) is 102 cm³/mol. The van der Waals surface area contributed by atoms with E-state index in [0.717, 1.165) is 44.8 Å². The van der Waals surface area contributed by atoms with Gasteiger partial charge in [0.05, 0.1) is 10.5 Å². The highest BCUT2D eigenvalue weighted by atomic mass is 32.2. The fourth-order valence-corrected chi connectivity index (χ4v) is 5.66. The summed E-state index contributed by atoms with van der Waals surface area (Å²) in [7, 11) is -3.81. The number of carbonyl (C=O) groups excluding carboxylic acids is 1. The highest BCUT2D eigenvalue weighted by molar-refractivity contribution is 7.89. The minimum Gasteiger partial charge on any atom is -0.339 e. The summed E-state index contributed by atoms with van der Waals surface area (Å²) in [6.45, 7) is 5.14. The molecule has 1 amide bonds. The molecule has 0 unspecified atom stereocenters. The molecule has 0 aliphatic carbocycles. The monoisotopic (exact) mass is 397 g/mol. The first-order valence-electron chi connectivity index (χ1n) is 9.76. The molecular weight excluding hydrogens is 369 g/mol. The Labute approximate surface area is 160 Å². The Balaban J connectivity index is 1.86. The molecule has 2 aliphatic rings. The molecule has 2 saturated heterocycles. The standard InChI is InChI=1S/C19H28FN3O3S/c1-2-11-23(15-7-9-21-10-8-15)27(25,26)16-5-6-17(18(20)14-16)19(24)22-12-3-4-13-22/h5-6,14-15,21H,2-4,7-13H2,1H3. The average molecular weight is 398 g/mol. The zero-order chi connectivity index (χ0) is 19.4. The third-order valence-corrected chi connectivity index (χ3v) is 7.28. The van der Waals surface area contributed by atoms with Crippen LogP contribution in [0.5, 0.6) is 0 Å². The molecule has 1 N–H and O–H groups in total. The van der Waals surface area contributed by atoms with Crippen molar-refractivity contribution in [3.8, 4) is 0 Å². The first-order chi connectivity index (χ1) is 12.9. The van der Waals surface area contributed by atoms with Crippen molar-refractivity contribution in [2.45, 2.75) is 50.0 Å². The van der Waals surface area contributed by atoms with Crippen LogP contribution in [0.3, 0.4) is 0 Å². The summed E-state index contributed by atoms with van der Waals surface area (Å²) in [5, 5.41) is 3.24. The van der Waals surface area contributed by atoms with Crippen molar-refractivity contribution < 1.29 is 17.6 Å². The molecule has 0 bridgehead atoms. The van der Waals surface area contributed by atoms with Gasteiger partial charge in [-0.2, -0.15) is 4.31 Å². The number of hydrogen-bond acceptors (Lipinski definition) is 4. The van der Waals surface area contributed by atoms with Crippen molar-refractivity contribution in [1.29, 1.82) is 0 Å². The summed E-state index contributed by atoms with van der Waals surface area (Å²) in [6, 6.07) is 3.61. The van der Waals surface area contributed by atoms with Gasteiger partial charge in [-0.3, -0.25) is 4.79 Å². The van der Waals surface area contributed by atoms with Crippen molar-refractivity contribution in [1.82, 2.24) is 14.5 Å². The fourth-order valence-electron chi connectivity index (χ4n) is 3.87. The number of halogens is 1. The van der Waals surface area contributed by atoms with Gasteiger partial charge in [0.15, 0.2) is 0 Å². The van der Waals surface area contributed by atoms with Gasteiger partial charge in [-0.1, -0.05) is 6.92 Å². The molecule has 0 aromatic heterocycles. The molecule has 150 valence electrons. The molecular formula is C19H28FN3O3S. The van der Waals surface area contributed by atoms with Crippen LogP contribution in [0.25, 0.3) is 0 Å². The topological polar surface area (TPSA) is 69.7 Å². The van der Waals surface area contributed by atoms with Crippen LogP contribution in [0.4, 0.5) is 4.39 Å². The van der Waals surface area contributed by atoms with Crippen LogP contribution in [0, 0.1) is 5.82 Å². The minimum atomic E-state index is -3.81. The highest BCUT2D eigenvalue weighted by Gasteiger charge is 2.32. The van der Waals surface area contributed by atoms with Crippen LogP contribution in [-0.2, 0) is 10.0 Å². The molecule has 0 spiro atoms. The summed E-state index contributed by atoms with van der Waals surface area (Å²) in [5.41, 5.74) is -0.0558. The number of rotatable bonds is 6. The van der Waals surface area contributed by atoms with Gasteiger partial charge in [0.1, 0.15) is 5.82 Å². The van der Waals surface area contributed by atoms with Gasteiger partial charge >= 0.3 is 0 Å². The molecule has 8 heteroatoms. The summed E-state index contributed by atoms with van der Waals surface area (Å²) >= 11 is 0. The molecule has 2 fully saturated rings. The number of nitrogens with one attached hydrogen (secondary N) is 1. The van der Waals surface area contributed by atoms with E-state index in [9.17, 15) is 17.6 Å². The maximum Gasteiger partial charge on any atom is 0.256 e. The lowest BCUT2D eigenvalue weighted by atomic mass is 10.1. The Kier molecular flexibility index (Phi) is 6.49. The lowest BCUT2D eigenvalue weighted by Crippen LogP contribution is -2.46. The number of likely N-dealkylation sites (tertiary alicyclic amines) is 1. The number of piperidine rings is 1. The van der Waals surface area contributed by atoms with Crippen molar-refractivity contribution in [3.63, 3.8) is 0 Å². The van der Waals surface area contributed by atoms with E-state index in [0.29, 0.717) is 26.1 Å². The van der Waals surface area contributed by atoms with Crippen LogP contribution in [0.1, 0.15) is 49.4 Å². The number of sulfonamides is 1. The molecule has 6 nitrogen and oxygen atoms in total. The molecule has 0 radical (unpaired) electrons. The first-order valence-corrected chi connectivity index (χ1v) is 11.2. The van der Waals surface area contributed by atoms with Gasteiger partial charge in [-0.25, -0.2) is 12.8 Å². The van der Waals surface area contributed by atoms with Crippen LogP contribution in [0.2, 0.25) is 0 Å². The molecule has 1 aromatic rings. The van der Waals surface area contributed by atoms with E-state index in [-0.39, 0.29) is 22.4 Å². The van der Waals surface area contributed by atoms with Crippen molar-refractivity contribution in [3.05, 3.63) is 29.6 Å². The van der Waals surface area contributed by atoms with Gasteiger partial charge in [-0.15, -0.1) is 0 Å². The number of amides is 1.